The van der Waals surface area contributed by atoms with Gasteiger partial charge in [0.2, 0.25) is 0 Å². The van der Waals surface area contributed by atoms with Crippen molar-refractivity contribution in [2.75, 3.05) is 0 Å². The zero-order chi connectivity index (χ0) is 20.6. The first-order valence-electron chi connectivity index (χ1n) is 9.87. The van der Waals surface area contributed by atoms with E-state index in [2.05, 4.69) is 43.4 Å². The van der Waals surface area contributed by atoms with Crippen LogP contribution in [0.3, 0.4) is 0 Å². The topological polar surface area (TPSA) is 51.1 Å². The van der Waals surface area contributed by atoms with E-state index in [1.807, 2.05) is 49.6 Å². The fraction of sp³-hybridized carbons (Fsp3) is 0.208. The van der Waals surface area contributed by atoms with Crippen LogP contribution in [0.15, 0.2) is 78.7 Å². The highest BCUT2D eigenvalue weighted by atomic mass is 32.1. The van der Waals surface area contributed by atoms with E-state index in [1.54, 1.807) is 23.7 Å². The van der Waals surface area contributed by atoms with Crippen LogP contribution in [-0.4, -0.2) is 19.9 Å². The van der Waals surface area contributed by atoms with Crippen LogP contribution >= 0.6 is 11.3 Å². The van der Waals surface area contributed by atoms with E-state index in [4.69, 9.17) is 4.74 Å². The third kappa shape index (κ3) is 5.95. The summed E-state index contributed by atoms with van der Waals surface area (Å²) < 4.78 is 5.89. The Hall–Kier alpha value is -3.09. The molecule has 152 valence electrons. The maximum absolute atomic E-state index is 5.89. The molecule has 3 aromatic heterocycles. The Morgan fingerprint density at radius 1 is 0.833 bits per heavy atom. The lowest BCUT2D eigenvalue weighted by molar-refractivity contribution is 0.246. The minimum absolute atomic E-state index is 0.540. The summed E-state index contributed by atoms with van der Waals surface area (Å²) in [6.45, 7) is 5.05. The van der Waals surface area contributed by atoms with Crippen LogP contribution < -0.4 is 4.74 Å². The number of benzene rings is 1. The van der Waals surface area contributed by atoms with Gasteiger partial charge in [0, 0.05) is 49.0 Å². The fourth-order valence-corrected chi connectivity index (χ4v) is 3.99. The summed E-state index contributed by atoms with van der Waals surface area (Å²) in [5.74, 6) is 0.866. The Bertz CT molecular complexity index is 1040. The van der Waals surface area contributed by atoms with E-state index in [1.165, 1.54) is 11.1 Å². The molecule has 0 atom stereocenters. The van der Waals surface area contributed by atoms with Gasteiger partial charge in [-0.05, 0) is 53.9 Å². The summed E-state index contributed by atoms with van der Waals surface area (Å²) in [6, 6.07) is 16.4. The zero-order valence-corrected chi connectivity index (χ0v) is 17.8. The Morgan fingerprint density at radius 2 is 1.63 bits per heavy atom. The predicted molar refractivity (Wildman–Crippen MR) is 119 cm³/mol. The molecule has 4 rings (SSSR count). The number of aryl methyl sites for hydroxylation is 1. The van der Waals surface area contributed by atoms with Crippen LogP contribution in [0.5, 0.6) is 5.75 Å². The second-order valence-corrected chi connectivity index (χ2v) is 8.12. The lowest BCUT2D eigenvalue weighted by atomic mass is 10.2. The summed E-state index contributed by atoms with van der Waals surface area (Å²) >= 11 is 1.71. The molecule has 0 saturated carbocycles. The number of nitrogens with zero attached hydrogens (tertiary/aromatic N) is 4. The molecule has 0 radical (unpaired) electrons. The van der Waals surface area contributed by atoms with Crippen molar-refractivity contribution in [1.82, 2.24) is 19.9 Å². The molecule has 5 nitrogen and oxygen atoms in total. The number of hydrogen-bond donors (Lipinski definition) is 0. The maximum Gasteiger partial charge on any atom is 0.119 e. The molecule has 0 saturated heterocycles. The summed E-state index contributed by atoms with van der Waals surface area (Å²) in [7, 11) is 0. The van der Waals surface area contributed by atoms with Crippen molar-refractivity contribution in [2.45, 2.75) is 33.2 Å². The molecule has 30 heavy (non-hydrogen) atoms. The molecule has 0 bridgehead atoms. The first-order valence-corrected chi connectivity index (χ1v) is 10.8. The van der Waals surface area contributed by atoms with Crippen molar-refractivity contribution in [3.8, 4) is 5.75 Å². The molecule has 1 aromatic carbocycles. The molecule has 0 aliphatic carbocycles. The van der Waals surface area contributed by atoms with Crippen LogP contribution in [0.1, 0.15) is 27.4 Å². The van der Waals surface area contributed by atoms with Gasteiger partial charge in [-0.25, -0.2) is 4.98 Å². The van der Waals surface area contributed by atoms with Gasteiger partial charge in [-0.1, -0.05) is 18.2 Å². The Labute approximate surface area is 181 Å². The summed E-state index contributed by atoms with van der Waals surface area (Å²) in [6.07, 6.45) is 7.30. The van der Waals surface area contributed by atoms with E-state index in [0.29, 0.717) is 6.61 Å². The number of ether oxygens (including phenoxy) is 1. The summed E-state index contributed by atoms with van der Waals surface area (Å²) in [5, 5.41) is 3.24. The molecule has 0 fully saturated rings. The van der Waals surface area contributed by atoms with Gasteiger partial charge < -0.3 is 4.74 Å². The molecule has 3 heterocycles. The zero-order valence-electron chi connectivity index (χ0n) is 16.9. The molecule has 0 amide bonds. The van der Waals surface area contributed by atoms with Crippen molar-refractivity contribution < 1.29 is 4.74 Å². The van der Waals surface area contributed by atoms with Gasteiger partial charge in [-0.2, -0.15) is 0 Å². The standard InChI is InChI=1S/C24H24N4OS/c1-19-18-30-24(27-19)16-28(15-22-3-2-10-26-13-22)14-20-4-6-23(7-5-20)29-17-21-8-11-25-12-9-21/h2-13,18H,14-17H2,1H3. The van der Waals surface area contributed by atoms with E-state index in [-0.39, 0.29) is 0 Å². The van der Waals surface area contributed by atoms with Gasteiger partial charge in [0.05, 0.1) is 6.54 Å². The van der Waals surface area contributed by atoms with Crippen molar-refractivity contribution in [3.05, 3.63) is 106 Å². The molecule has 6 heteroatoms. The number of aromatic nitrogens is 3. The first kappa shape index (κ1) is 20.2. The lowest BCUT2D eigenvalue weighted by Gasteiger charge is -2.21. The third-order valence-electron chi connectivity index (χ3n) is 4.64. The van der Waals surface area contributed by atoms with Crippen LogP contribution in [-0.2, 0) is 26.2 Å². The second kappa shape index (κ2) is 10.1. The van der Waals surface area contributed by atoms with Crippen LogP contribution in [0, 0.1) is 6.92 Å². The largest absolute Gasteiger partial charge is 0.489 e. The van der Waals surface area contributed by atoms with Crippen molar-refractivity contribution >= 4 is 11.3 Å². The summed E-state index contributed by atoms with van der Waals surface area (Å²) in [4.78, 5) is 15.3. The van der Waals surface area contributed by atoms with Crippen LogP contribution in [0.2, 0.25) is 0 Å². The fourth-order valence-electron chi connectivity index (χ4n) is 3.18. The number of thiazole rings is 1. The van der Waals surface area contributed by atoms with Gasteiger partial charge in [0.1, 0.15) is 17.4 Å². The third-order valence-corrected chi connectivity index (χ3v) is 5.59. The van der Waals surface area contributed by atoms with Gasteiger partial charge in [-0.3, -0.25) is 14.9 Å². The molecule has 0 spiro atoms. The molecule has 0 aliphatic heterocycles. The van der Waals surface area contributed by atoms with Gasteiger partial charge in [0.15, 0.2) is 0 Å². The van der Waals surface area contributed by atoms with Gasteiger partial charge in [-0.15, -0.1) is 11.3 Å². The quantitative estimate of drug-likeness (QED) is 0.383. The molecule has 0 aliphatic rings. The number of hydrogen-bond acceptors (Lipinski definition) is 6. The molecular formula is C24H24N4OS. The lowest BCUT2D eigenvalue weighted by Crippen LogP contribution is -2.22. The Kier molecular flexibility index (Phi) is 6.79. The van der Waals surface area contributed by atoms with Crippen molar-refractivity contribution in [1.29, 1.82) is 0 Å². The highest BCUT2D eigenvalue weighted by molar-refractivity contribution is 7.09. The average Bonchev–Trinajstić information content (AvgIpc) is 3.19. The Balaban J connectivity index is 1.41. The summed E-state index contributed by atoms with van der Waals surface area (Å²) in [5.41, 5.74) is 4.62. The minimum Gasteiger partial charge on any atom is -0.489 e. The van der Waals surface area contributed by atoms with E-state index in [9.17, 15) is 0 Å². The first-order chi connectivity index (χ1) is 14.7. The molecule has 0 unspecified atom stereocenters. The monoisotopic (exact) mass is 416 g/mol. The van der Waals surface area contributed by atoms with Crippen molar-refractivity contribution in [2.24, 2.45) is 0 Å². The Morgan fingerprint density at radius 3 is 2.33 bits per heavy atom. The van der Waals surface area contributed by atoms with Gasteiger partial charge >= 0.3 is 0 Å². The maximum atomic E-state index is 5.89. The minimum atomic E-state index is 0.540. The normalized spacial score (nSPS) is 11.0. The molecule has 4 aromatic rings. The predicted octanol–water partition coefficient (Wildman–Crippen LogP) is 5.02. The number of rotatable bonds is 9. The van der Waals surface area contributed by atoms with E-state index < -0.39 is 0 Å². The highest BCUT2D eigenvalue weighted by Crippen LogP contribution is 2.19. The average molecular weight is 417 g/mol. The highest BCUT2D eigenvalue weighted by Gasteiger charge is 2.11. The van der Waals surface area contributed by atoms with E-state index >= 15 is 0 Å². The molecule has 0 N–H and O–H groups in total. The SMILES string of the molecule is Cc1csc(CN(Cc2ccc(OCc3ccncc3)cc2)Cc2cccnc2)n1. The molecular weight excluding hydrogens is 392 g/mol. The van der Waals surface area contributed by atoms with E-state index in [0.717, 1.165) is 41.6 Å². The van der Waals surface area contributed by atoms with Crippen LogP contribution in [0.25, 0.3) is 0 Å². The smallest absolute Gasteiger partial charge is 0.119 e. The number of pyridine rings is 2. The van der Waals surface area contributed by atoms with Crippen molar-refractivity contribution in [3.63, 3.8) is 0 Å². The second-order valence-electron chi connectivity index (χ2n) is 7.18. The van der Waals surface area contributed by atoms with Gasteiger partial charge in [0.25, 0.3) is 0 Å². The van der Waals surface area contributed by atoms with Crippen LogP contribution in [0.4, 0.5) is 0 Å².